The van der Waals surface area contributed by atoms with Gasteiger partial charge in [-0.05, 0) is 46.6 Å². The minimum absolute atomic E-state index is 0.258. The summed E-state index contributed by atoms with van der Waals surface area (Å²) in [7, 11) is 0. The monoisotopic (exact) mass is 325 g/mol. The van der Waals surface area contributed by atoms with Crippen molar-refractivity contribution in [3.63, 3.8) is 0 Å². The number of nitrogens with one attached hydrogen (secondary N) is 1. The summed E-state index contributed by atoms with van der Waals surface area (Å²) in [6, 6.07) is 11.4. The first kappa shape index (κ1) is 13.2. The Morgan fingerprint density at radius 2 is 2.06 bits per heavy atom. The first-order valence-electron chi connectivity index (χ1n) is 5.54. The van der Waals surface area contributed by atoms with Gasteiger partial charge in [0.1, 0.15) is 5.75 Å². The molecule has 0 heterocycles. The van der Waals surface area contributed by atoms with Crippen molar-refractivity contribution < 1.29 is 5.11 Å². The summed E-state index contributed by atoms with van der Waals surface area (Å²) in [5.74, 6) is 0.258. The van der Waals surface area contributed by atoms with Gasteiger partial charge >= 0.3 is 0 Å². The Balaban J connectivity index is 2.14. The van der Waals surface area contributed by atoms with Crippen LogP contribution in [0.15, 0.2) is 40.9 Å². The Morgan fingerprint density at radius 1 is 1.28 bits per heavy atom. The van der Waals surface area contributed by atoms with Crippen LogP contribution < -0.4 is 5.32 Å². The number of para-hydroxylation sites is 1. The zero-order chi connectivity index (χ0) is 13.1. The highest BCUT2D eigenvalue weighted by atomic mass is 79.9. The Kier molecular flexibility index (Phi) is 4.15. The van der Waals surface area contributed by atoms with E-state index in [9.17, 15) is 5.11 Å². The highest BCUT2D eigenvalue weighted by Crippen LogP contribution is 2.29. The van der Waals surface area contributed by atoms with E-state index < -0.39 is 0 Å². The van der Waals surface area contributed by atoms with Crippen LogP contribution in [0.4, 0.5) is 5.69 Å². The summed E-state index contributed by atoms with van der Waals surface area (Å²) in [6.45, 7) is 2.52. The standard InChI is InChI=1S/C14H13BrClNO/c1-9-5-6-13(12(16)7-9)17-8-10-3-2-4-11(15)14(10)18/h2-7,17-18H,8H2,1H3. The Morgan fingerprint density at radius 3 is 2.78 bits per heavy atom. The van der Waals surface area contributed by atoms with Gasteiger partial charge in [-0.3, -0.25) is 0 Å². The molecule has 0 saturated carbocycles. The van der Waals surface area contributed by atoms with Crippen LogP contribution in [0.5, 0.6) is 5.75 Å². The van der Waals surface area contributed by atoms with E-state index in [1.54, 1.807) is 6.07 Å². The molecule has 2 N–H and O–H groups in total. The Bertz CT molecular complexity index is 572. The summed E-state index contributed by atoms with van der Waals surface area (Å²) in [4.78, 5) is 0. The third-order valence-electron chi connectivity index (χ3n) is 2.66. The summed E-state index contributed by atoms with van der Waals surface area (Å²) >= 11 is 9.42. The molecule has 0 radical (unpaired) electrons. The second kappa shape index (κ2) is 5.63. The smallest absolute Gasteiger partial charge is 0.134 e. The number of hydrogen-bond donors (Lipinski definition) is 2. The van der Waals surface area contributed by atoms with Gasteiger partial charge in [-0.15, -0.1) is 0 Å². The first-order valence-corrected chi connectivity index (χ1v) is 6.71. The first-order chi connectivity index (χ1) is 8.58. The highest BCUT2D eigenvalue weighted by Gasteiger charge is 2.05. The minimum atomic E-state index is 0.258. The predicted octanol–water partition coefficient (Wildman–Crippen LogP) is 4.73. The summed E-state index contributed by atoms with van der Waals surface area (Å²) in [6.07, 6.45) is 0. The van der Waals surface area contributed by atoms with E-state index in [1.165, 1.54) is 0 Å². The number of hydrogen-bond acceptors (Lipinski definition) is 2. The van der Waals surface area contributed by atoms with Crippen LogP contribution in [0.1, 0.15) is 11.1 Å². The van der Waals surface area contributed by atoms with E-state index in [-0.39, 0.29) is 5.75 Å². The van der Waals surface area contributed by atoms with Crippen molar-refractivity contribution >= 4 is 33.2 Å². The van der Waals surface area contributed by atoms with Crippen molar-refractivity contribution in [1.82, 2.24) is 0 Å². The lowest BCUT2D eigenvalue weighted by Gasteiger charge is -2.11. The number of phenols is 1. The van der Waals surface area contributed by atoms with Crippen molar-refractivity contribution in [1.29, 1.82) is 0 Å². The maximum atomic E-state index is 9.87. The molecule has 0 bridgehead atoms. The molecule has 2 aromatic carbocycles. The van der Waals surface area contributed by atoms with E-state index >= 15 is 0 Å². The molecule has 0 aliphatic rings. The summed E-state index contributed by atoms with van der Waals surface area (Å²) in [5.41, 5.74) is 2.80. The van der Waals surface area contributed by atoms with Crippen LogP contribution in [-0.2, 0) is 6.54 Å². The van der Waals surface area contributed by atoms with Crippen LogP contribution in [0.3, 0.4) is 0 Å². The average Bonchev–Trinajstić information content (AvgIpc) is 2.33. The molecule has 0 aliphatic heterocycles. The van der Waals surface area contributed by atoms with E-state index in [1.807, 2.05) is 37.3 Å². The zero-order valence-electron chi connectivity index (χ0n) is 9.87. The van der Waals surface area contributed by atoms with Crippen LogP contribution in [0.25, 0.3) is 0 Å². The van der Waals surface area contributed by atoms with Gasteiger partial charge in [0.25, 0.3) is 0 Å². The molecule has 2 nitrogen and oxygen atoms in total. The number of benzene rings is 2. The number of rotatable bonds is 3. The largest absolute Gasteiger partial charge is 0.506 e. The molecule has 18 heavy (non-hydrogen) atoms. The van der Waals surface area contributed by atoms with E-state index in [2.05, 4.69) is 21.2 Å². The second-order valence-electron chi connectivity index (χ2n) is 4.08. The minimum Gasteiger partial charge on any atom is -0.506 e. The molecular formula is C14H13BrClNO. The lowest BCUT2D eigenvalue weighted by atomic mass is 10.2. The molecule has 0 fully saturated rings. The molecule has 94 valence electrons. The quantitative estimate of drug-likeness (QED) is 0.854. The SMILES string of the molecule is Cc1ccc(NCc2cccc(Br)c2O)c(Cl)c1. The normalized spacial score (nSPS) is 10.4. The molecule has 2 rings (SSSR count). The van der Waals surface area contributed by atoms with E-state index in [0.29, 0.717) is 16.0 Å². The van der Waals surface area contributed by atoms with Crippen molar-refractivity contribution in [2.24, 2.45) is 0 Å². The molecule has 0 amide bonds. The van der Waals surface area contributed by atoms with Gasteiger partial charge in [0.15, 0.2) is 0 Å². The summed E-state index contributed by atoms with van der Waals surface area (Å²) < 4.78 is 0.691. The maximum Gasteiger partial charge on any atom is 0.134 e. The van der Waals surface area contributed by atoms with Crippen molar-refractivity contribution in [3.8, 4) is 5.75 Å². The summed E-state index contributed by atoms with van der Waals surface area (Å²) in [5, 5.41) is 13.8. The zero-order valence-corrected chi connectivity index (χ0v) is 12.2. The third kappa shape index (κ3) is 2.98. The number of aryl methyl sites for hydroxylation is 1. The van der Waals surface area contributed by atoms with Gasteiger partial charge in [-0.2, -0.15) is 0 Å². The molecule has 0 atom stereocenters. The Hall–Kier alpha value is -1.19. The van der Waals surface area contributed by atoms with Crippen LogP contribution in [-0.4, -0.2) is 5.11 Å². The lowest BCUT2D eigenvalue weighted by molar-refractivity contribution is 0.465. The molecule has 0 aliphatic carbocycles. The van der Waals surface area contributed by atoms with Gasteiger partial charge in [-0.25, -0.2) is 0 Å². The van der Waals surface area contributed by atoms with E-state index in [0.717, 1.165) is 16.8 Å². The molecule has 0 saturated heterocycles. The topological polar surface area (TPSA) is 32.3 Å². The molecule has 4 heteroatoms. The van der Waals surface area contributed by atoms with Gasteiger partial charge in [-0.1, -0.05) is 29.8 Å². The number of halogens is 2. The Labute approximate surface area is 120 Å². The fraction of sp³-hybridized carbons (Fsp3) is 0.143. The van der Waals surface area contributed by atoms with Crippen LogP contribution in [0.2, 0.25) is 5.02 Å². The van der Waals surface area contributed by atoms with Gasteiger partial charge in [0.2, 0.25) is 0 Å². The number of aromatic hydroxyl groups is 1. The van der Waals surface area contributed by atoms with E-state index in [4.69, 9.17) is 11.6 Å². The maximum absolute atomic E-state index is 9.87. The average molecular weight is 327 g/mol. The fourth-order valence-electron chi connectivity index (χ4n) is 1.66. The van der Waals surface area contributed by atoms with Crippen molar-refractivity contribution in [2.75, 3.05) is 5.32 Å². The van der Waals surface area contributed by atoms with Crippen LogP contribution >= 0.6 is 27.5 Å². The highest BCUT2D eigenvalue weighted by molar-refractivity contribution is 9.10. The lowest BCUT2D eigenvalue weighted by Crippen LogP contribution is -2.00. The number of anilines is 1. The fourth-order valence-corrected chi connectivity index (χ4v) is 2.37. The number of phenolic OH excluding ortho intramolecular Hbond substituents is 1. The van der Waals surface area contributed by atoms with Gasteiger partial charge in [0, 0.05) is 12.1 Å². The van der Waals surface area contributed by atoms with Crippen molar-refractivity contribution in [2.45, 2.75) is 13.5 Å². The molecule has 0 unspecified atom stereocenters. The van der Waals surface area contributed by atoms with Gasteiger partial charge in [0.05, 0.1) is 15.2 Å². The molecule has 2 aromatic rings. The second-order valence-corrected chi connectivity index (χ2v) is 5.35. The van der Waals surface area contributed by atoms with Crippen molar-refractivity contribution in [3.05, 3.63) is 57.0 Å². The molecular weight excluding hydrogens is 314 g/mol. The molecule has 0 spiro atoms. The molecule has 0 aromatic heterocycles. The third-order valence-corrected chi connectivity index (χ3v) is 3.62. The van der Waals surface area contributed by atoms with Crippen LogP contribution in [0, 0.1) is 6.92 Å². The predicted molar refractivity (Wildman–Crippen MR) is 79.3 cm³/mol. The van der Waals surface area contributed by atoms with Gasteiger partial charge < -0.3 is 10.4 Å².